The normalized spacial score (nSPS) is 14.2. The smallest absolute Gasteiger partial charge is 0.142 e. The molecule has 7 heteroatoms. The zero-order valence-electron chi connectivity index (χ0n) is 13.1. The summed E-state index contributed by atoms with van der Waals surface area (Å²) in [6.45, 7) is 2.82. The molecule has 0 saturated carbocycles. The van der Waals surface area contributed by atoms with Crippen molar-refractivity contribution in [3.05, 3.63) is 53.1 Å². The van der Waals surface area contributed by atoms with E-state index in [9.17, 15) is 0 Å². The highest BCUT2D eigenvalue weighted by Gasteiger charge is 2.11. The van der Waals surface area contributed by atoms with Crippen LogP contribution in [0.4, 0.5) is 0 Å². The fraction of sp³-hybridized carbons (Fsp3) is 0.294. The summed E-state index contributed by atoms with van der Waals surface area (Å²) < 4.78 is 5.80. The lowest BCUT2D eigenvalue weighted by Gasteiger charge is -2.15. The van der Waals surface area contributed by atoms with Crippen molar-refractivity contribution in [2.45, 2.75) is 12.8 Å². The Morgan fingerprint density at radius 3 is 2.54 bits per heavy atom. The van der Waals surface area contributed by atoms with Gasteiger partial charge in [-0.3, -0.25) is 9.88 Å². The molecule has 2 aromatic rings. The van der Waals surface area contributed by atoms with Gasteiger partial charge in [-0.05, 0) is 36.6 Å². The molecule has 0 amide bonds. The second-order valence-corrected chi connectivity index (χ2v) is 5.62. The quantitative estimate of drug-likeness (QED) is 0.703. The Hall–Kier alpha value is -1.33. The van der Waals surface area contributed by atoms with Crippen molar-refractivity contribution in [3.8, 4) is 5.75 Å². The first-order chi connectivity index (χ1) is 10.8. The van der Waals surface area contributed by atoms with Gasteiger partial charge in [-0.1, -0.05) is 23.8 Å². The van der Waals surface area contributed by atoms with E-state index < -0.39 is 0 Å². The van der Waals surface area contributed by atoms with Crippen molar-refractivity contribution in [3.63, 3.8) is 0 Å². The molecule has 0 N–H and O–H groups in total. The molecule has 3 rings (SSSR count). The molecule has 0 radical (unpaired) electrons. The third kappa shape index (κ3) is 5.95. The third-order valence-electron chi connectivity index (χ3n) is 3.62. The van der Waals surface area contributed by atoms with Crippen LogP contribution < -0.4 is 4.74 Å². The number of hydrogen-bond donors (Lipinski definition) is 0. The van der Waals surface area contributed by atoms with E-state index in [0.29, 0.717) is 11.9 Å². The third-order valence-corrected chi connectivity index (χ3v) is 3.93. The highest BCUT2D eigenvalue weighted by Crippen LogP contribution is 2.22. The van der Waals surface area contributed by atoms with Gasteiger partial charge in [0.2, 0.25) is 0 Å². The van der Waals surface area contributed by atoms with Gasteiger partial charge >= 0.3 is 0 Å². The van der Waals surface area contributed by atoms with E-state index in [2.05, 4.69) is 14.9 Å². The number of nitrogens with zero attached hydrogens (tertiary/aromatic N) is 3. The van der Waals surface area contributed by atoms with Gasteiger partial charge in [0, 0.05) is 31.0 Å². The van der Waals surface area contributed by atoms with Crippen LogP contribution >= 0.6 is 36.4 Å². The van der Waals surface area contributed by atoms with Crippen molar-refractivity contribution in [2.24, 2.45) is 0 Å². The monoisotopic (exact) mass is 387 g/mol. The van der Waals surface area contributed by atoms with Crippen LogP contribution in [0.1, 0.15) is 24.0 Å². The molecule has 24 heavy (non-hydrogen) atoms. The lowest BCUT2D eigenvalue weighted by Crippen LogP contribution is -2.24. The van der Waals surface area contributed by atoms with Crippen molar-refractivity contribution >= 4 is 48.6 Å². The van der Waals surface area contributed by atoms with E-state index in [1.165, 1.54) is 12.8 Å². The minimum Gasteiger partial charge on any atom is -0.477 e. The molecule has 0 aromatic carbocycles. The fourth-order valence-electron chi connectivity index (χ4n) is 2.38. The molecule has 2 aromatic heterocycles. The molecule has 0 aliphatic carbocycles. The molecule has 1 fully saturated rings. The molecule has 3 heterocycles. The number of hydrogen-bond acceptors (Lipinski definition) is 4. The first-order valence-corrected chi connectivity index (χ1v) is 7.78. The van der Waals surface area contributed by atoms with E-state index in [1.807, 2.05) is 30.4 Å². The van der Waals surface area contributed by atoms with Crippen molar-refractivity contribution in [1.82, 2.24) is 14.9 Å². The number of ether oxygens (including phenoxy) is 1. The average Bonchev–Trinajstić information content (AvgIpc) is 3.07. The number of halogens is 3. The van der Waals surface area contributed by atoms with Gasteiger partial charge in [-0.2, -0.15) is 0 Å². The summed E-state index contributed by atoms with van der Waals surface area (Å²) in [6, 6.07) is 5.79. The van der Waals surface area contributed by atoms with Crippen LogP contribution in [0.5, 0.6) is 5.75 Å². The summed E-state index contributed by atoms with van der Waals surface area (Å²) in [7, 11) is 0. The Morgan fingerprint density at radius 2 is 1.83 bits per heavy atom. The number of aromatic nitrogens is 2. The summed E-state index contributed by atoms with van der Waals surface area (Å²) >= 11 is 6.15. The van der Waals surface area contributed by atoms with Crippen LogP contribution in [0.3, 0.4) is 0 Å². The first-order valence-electron chi connectivity index (χ1n) is 7.40. The van der Waals surface area contributed by atoms with Crippen LogP contribution in [0.25, 0.3) is 12.2 Å². The molecular formula is C17H20Cl3N3O. The highest BCUT2D eigenvalue weighted by molar-refractivity contribution is 6.31. The van der Waals surface area contributed by atoms with Gasteiger partial charge in [0.15, 0.2) is 0 Å². The predicted octanol–water partition coefficient (Wildman–Crippen LogP) is 4.58. The van der Waals surface area contributed by atoms with Crippen LogP contribution in [-0.4, -0.2) is 34.7 Å². The maximum atomic E-state index is 6.15. The largest absolute Gasteiger partial charge is 0.477 e. The van der Waals surface area contributed by atoms with Crippen LogP contribution in [0, 0.1) is 0 Å². The Bertz CT molecular complexity index is 647. The average molecular weight is 389 g/mol. The van der Waals surface area contributed by atoms with Gasteiger partial charge in [0.05, 0.1) is 6.20 Å². The van der Waals surface area contributed by atoms with Gasteiger partial charge in [0.25, 0.3) is 0 Å². The van der Waals surface area contributed by atoms with E-state index in [4.69, 9.17) is 16.3 Å². The van der Waals surface area contributed by atoms with Crippen LogP contribution in [-0.2, 0) is 0 Å². The molecule has 1 saturated heterocycles. The molecule has 0 atom stereocenters. The number of pyridine rings is 2. The van der Waals surface area contributed by atoms with Gasteiger partial charge in [0.1, 0.15) is 17.6 Å². The minimum atomic E-state index is 0. The maximum Gasteiger partial charge on any atom is 0.142 e. The molecule has 1 aliphatic rings. The number of likely N-dealkylation sites (tertiary alicyclic amines) is 1. The zero-order chi connectivity index (χ0) is 15.2. The van der Waals surface area contributed by atoms with Crippen LogP contribution in [0.15, 0.2) is 36.8 Å². The van der Waals surface area contributed by atoms with E-state index in [1.54, 1.807) is 18.6 Å². The molecule has 4 nitrogen and oxygen atoms in total. The molecule has 0 spiro atoms. The van der Waals surface area contributed by atoms with Gasteiger partial charge in [-0.25, -0.2) is 4.98 Å². The number of rotatable bonds is 5. The highest BCUT2D eigenvalue weighted by atomic mass is 35.5. The summed E-state index contributed by atoms with van der Waals surface area (Å²) in [4.78, 5) is 10.5. The SMILES string of the molecule is Cl.Cl.Clc1ncc(OCN2CCCC2)cc1/C=C/c1ccncc1. The fourth-order valence-corrected chi connectivity index (χ4v) is 2.55. The second kappa shape index (κ2) is 10.5. The van der Waals surface area contributed by atoms with Crippen molar-refractivity contribution in [1.29, 1.82) is 0 Å². The van der Waals surface area contributed by atoms with Crippen molar-refractivity contribution in [2.75, 3.05) is 19.8 Å². The lowest BCUT2D eigenvalue weighted by atomic mass is 10.2. The minimum absolute atomic E-state index is 0. The van der Waals surface area contributed by atoms with E-state index >= 15 is 0 Å². The van der Waals surface area contributed by atoms with Crippen LogP contribution in [0.2, 0.25) is 5.15 Å². The summed E-state index contributed by atoms with van der Waals surface area (Å²) in [5.74, 6) is 0.741. The second-order valence-electron chi connectivity index (χ2n) is 5.26. The maximum absolute atomic E-state index is 6.15. The predicted molar refractivity (Wildman–Crippen MR) is 103 cm³/mol. The standard InChI is InChI=1S/C17H18ClN3O.2ClH/c18-17-15(4-3-14-5-7-19-8-6-14)11-16(12-20-17)22-13-21-9-1-2-10-21;;/h3-8,11-12H,1-2,9-10,13H2;2*1H/b4-3+;;. The topological polar surface area (TPSA) is 38.2 Å². The van der Waals surface area contributed by atoms with Gasteiger partial charge < -0.3 is 4.74 Å². The summed E-state index contributed by atoms with van der Waals surface area (Å²) in [5.41, 5.74) is 1.91. The summed E-state index contributed by atoms with van der Waals surface area (Å²) in [5, 5.41) is 0.471. The molecule has 1 aliphatic heterocycles. The molecular weight excluding hydrogens is 369 g/mol. The molecule has 0 bridgehead atoms. The van der Waals surface area contributed by atoms with Gasteiger partial charge in [-0.15, -0.1) is 24.8 Å². The Morgan fingerprint density at radius 1 is 1.12 bits per heavy atom. The van der Waals surface area contributed by atoms with E-state index in [0.717, 1.165) is 30.0 Å². The zero-order valence-corrected chi connectivity index (χ0v) is 15.5. The molecule has 130 valence electrons. The summed E-state index contributed by atoms with van der Waals surface area (Å²) in [6.07, 6.45) is 11.6. The van der Waals surface area contributed by atoms with E-state index in [-0.39, 0.29) is 24.8 Å². The Kier molecular flexibility index (Phi) is 9.08. The molecule has 0 unspecified atom stereocenters. The Balaban J connectivity index is 0.00000144. The van der Waals surface area contributed by atoms with Crippen molar-refractivity contribution < 1.29 is 4.74 Å². The Labute approximate surface area is 159 Å². The first kappa shape index (κ1) is 20.7. The lowest BCUT2D eigenvalue weighted by molar-refractivity contribution is 0.151.